The Morgan fingerprint density at radius 2 is 0.964 bits per heavy atom. The van der Waals surface area contributed by atoms with Gasteiger partial charge >= 0.3 is 0 Å². The molecule has 0 radical (unpaired) electrons. The summed E-state index contributed by atoms with van der Waals surface area (Å²) in [6, 6.07) is 13.5. The minimum absolute atomic E-state index is 0.176. The second-order valence-corrected chi connectivity index (χ2v) is 7.68. The molecule has 28 heavy (non-hydrogen) atoms. The van der Waals surface area contributed by atoms with Gasteiger partial charge in [0, 0.05) is 0 Å². The van der Waals surface area contributed by atoms with Crippen molar-refractivity contribution in [1.29, 1.82) is 0 Å². The third-order valence-electron chi connectivity index (χ3n) is 5.09. The first-order valence-corrected chi connectivity index (χ1v) is 10.3. The van der Waals surface area contributed by atoms with Crippen LogP contribution in [0.15, 0.2) is 71.8 Å². The lowest BCUT2D eigenvalue weighted by molar-refractivity contribution is 0.626. The summed E-state index contributed by atoms with van der Waals surface area (Å²) in [6.07, 6.45) is 13.5. The van der Waals surface area contributed by atoms with Gasteiger partial charge in [-0.15, -0.1) is 0 Å². The molecule has 2 aromatic rings. The molecule has 0 aliphatic rings. The Kier molecular flexibility index (Phi) is 9.68. The van der Waals surface area contributed by atoms with Crippen molar-refractivity contribution in [3.05, 3.63) is 94.6 Å². The maximum atomic E-state index is 12.9. The molecule has 0 N–H and O–H groups in total. The lowest BCUT2D eigenvalue weighted by Crippen LogP contribution is -1.87. The van der Waals surface area contributed by atoms with Gasteiger partial charge in [-0.25, -0.2) is 8.78 Å². The van der Waals surface area contributed by atoms with Gasteiger partial charge in [0.2, 0.25) is 0 Å². The molecule has 0 saturated heterocycles. The predicted octanol–water partition coefficient (Wildman–Crippen LogP) is 7.98. The second kappa shape index (κ2) is 12.3. The van der Waals surface area contributed by atoms with Crippen LogP contribution in [0.25, 0.3) is 0 Å². The number of benzene rings is 2. The third kappa shape index (κ3) is 9.12. The summed E-state index contributed by atoms with van der Waals surface area (Å²) in [5.41, 5.74) is 5.15. The van der Waals surface area contributed by atoms with Gasteiger partial charge in [-0.3, -0.25) is 0 Å². The lowest BCUT2D eigenvalue weighted by Gasteiger charge is -2.04. The van der Waals surface area contributed by atoms with E-state index in [2.05, 4.69) is 26.0 Å². The van der Waals surface area contributed by atoms with Crippen molar-refractivity contribution in [1.82, 2.24) is 0 Å². The number of halogens is 2. The highest BCUT2D eigenvalue weighted by Crippen LogP contribution is 2.15. The highest BCUT2D eigenvalue weighted by atomic mass is 19.1. The van der Waals surface area contributed by atoms with Crippen molar-refractivity contribution < 1.29 is 8.78 Å². The largest absolute Gasteiger partial charge is 0.207 e. The molecule has 0 heterocycles. The van der Waals surface area contributed by atoms with E-state index >= 15 is 0 Å². The minimum atomic E-state index is -0.176. The minimum Gasteiger partial charge on any atom is -0.207 e. The molecular weight excluding hydrogens is 350 g/mol. The van der Waals surface area contributed by atoms with Crippen LogP contribution in [0, 0.1) is 11.6 Å². The fourth-order valence-corrected chi connectivity index (χ4v) is 3.19. The Morgan fingerprint density at radius 1 is 0.607 bits per heavy atom. The maximum Gasteiger partial charge on any atom is 0.123 e. The van der Waals surface area contributed by atoms with Gasteiger partial charge < -0.3 is 0 Å². The summed E-state index contributed by atoms with van der Waals surface area (Å²) in [5.74, 6) is -0.352. The van der Waals surface area contributed by atoms with Crippen molar-refractivity contribution in [2.75, 3.05) is 0 Å². The zero-order valence-corrected chi connectivity index (χ0v) is 17.2. The number of rotatable bonds is 11. The summed E-state index contributed by atoms with van der Waals surface area (Å²) >= 11 is 0. The Morgan fingerprint density at radius 3 is 1.32 bits per heavy atom. The van der Waals surface area contributed by atoms with Crippen LogP contribution in [0.5, 0.6) is 0 Å². The number of unbranched alkanes of at least 4 members (excludes halogenated alkanes) is 3. The van der Waals surface area contributed by atoms with Crippen LogP contribution in [0.1, 0.15) is 63.5 Å². The number of hydrogen-bond donors (Lipinski definition) is 0. The molecule has 0 unspecified atom stereocenters. The van der Waals surface area contributed by atoms with E-state index in [-0.39, 0.29) is 11.6 Å². The van der Waals surface area contributed by atoms with Gasteiger partial charge in [0.25, 0.3) is 0 Å². The van der Waals surface area contributed by atoms with E-state index in [9.17, 15) is 8.78 Å². The molecule has 0 bridgehead atoms. The van der Waals surface area contributed by atoms with E-state index in [1.807, 2.05) is 24.3 Å². The molecule has 0 aromatic heterocycles. The van der Waals surface area contributed by atoms with Gasteiger partial charge in [-0.1, -0.05) is 60.4 Å². The third-order valence-corrected chi connectivity index (χ3v) is 5.09. The summed E-state index contributed by atoms with van der Waals surface area (Å²) in [7, 11) is 0. The second-order valence-electron chi connectivity index (χ2n) is 7.68. The molecule has 0 amide bonds. The van der Waals surface area contributed by atoms with Crippen LogP contribution in [0.3, 0.4) is 0 Å². The summed E-state index contributed by atoms with van der Waals surface area (Å²) < 4.78 is 25.8. The summed E-state index contributed by atoms with van der Waals surface area (Å²) in [4.78, 5) is 0. The van der Waals surface area contributed by atoms with Crippen molar-refractivity contribution in [2.45, 2.75) is 65.2 Å². The quantitative estimate of drug-likeness (QED) is 0.273. The molecule has 0 saturated carbocycles. The van der Waals surface area contributed by atoms with Gasteiger partial charge in [-0.05, 0) is 87.8 Å². The molecular formula is C26H32F2. The zero-order valence-electron chi connectivity index (χ0n) is 17.2. The molecule has 0 aliphatic heterocycles. The van der Waals surface area contributed by atoms with Crippen molar-refractivity contribution in [3.8, 4) is 0 Å². The van der Waals surface area contributed by atoms with Crippen molar-refractivity contribution in [2.24, 2.45) is 0 Å². The van der Waals surface area contributed by atoms with Gasteiger partial charge in [0.1, 0.15) is 11.6 Å². The van der Waals surface area contributed by atoms with Gasteiger partial charge in [0.15, 0.2) is 0 Å². The van der Waals surface area contributed by atoms with E-state index in [0.717, 1.165) is 36.8 Å². The predicted molar refractivity (Wildman–Crippen MR) is 115 cm³/mol. The van der Waals surface area contributed by atoms with Crippen LogP contribution < -0.4 is 0 Å². The van der Waals surface area contributed by atoms with Crippen LogP contribution in [-0.4, -0.2) is 0 Å². The first-order valence-electron chi connectivity index (χ1n) is 10.3. The standard InChI is InChI=1S/C26H32F2/c1-21(9-11-23-13-17-25(27)18-14-23)7-5-3-4-6-8-22(2)10-12-24-15-19-26(28)20-16-24/h9-10,13-20H,3-8,11-12H2,1-2H3/b21-9+,22-10+. The van der Waals surface area contributed by atoms with E-state index < -0.39 is 0 Å². The molecule has 0 fully saturated rings. The van der Waals surface area contributed by atoms with E-state index in [0.29, 0.717) is 0 Å². The Bertz CT molecular complexity index is 685. The number of allylic oxidation sites excluding steroid dienone is 4. The SMILES string of the molecule is C/C(=C\Cc1ccc(F)cc1)CCCCCC/C(C)=C/Cc1ccc(F)cc1. The van der Waals surface area contributed by atoms with Crippen LogP contribution in [0.4, 0.5) is 8.78 Å². The average molecular weight is 383 g/mol. The smallest absolute Gasteiger partial charge is 0.123 e. The Hall–Kier alpha value is -2.22. The topological polar surface area (TPSA) is 0 Å². The van der Waals surface area contributed by atoms with E-state index in [4.69, 9.17) is 0 Å². The van der Waals surface area contributed by atoms with Crippen molar-refractivity contribution in [3.63, 3.8) is 0 Å². The highest BCUT2D eigenvalue weighted by Gasteiger charge is 1.97. The lowest BCUT2D eigenvalue weighted by atomic mass is 10.0. The fourth-order valence-electron chi connectivity index (χ4n) is 3.19. The van der Waals surface area contributed by atoms with Gasteiger partial charge in [-0.2, -0.15) is 0 Å². The van der Waals surface area contributed by atoms with Crippen molar-refractivity contribution >= 4 is 0 Å². The monoisotopic (exact) mass is 382 g/mol. The van der Waals surface area contributed by atoms with E-state index in [1.54, 1.807) is 0 Å². The first-order chi connectivity index (χ1) is 13.5. The highest BCUT2D eigenvalue weighted by molar-refractivity contribution is 5.20. The molecule has 2 aromatic carbocycles. The Labute approximate surface area is 169 Å². The molecule has 150 valence electrons. The first kappa shape index (κ1) is 22.1. The summed E-state index contributed by atoms with van der Waals surface area (Å²) in [5, 5.41) is 0. The number of hydrogen-bond acceptors (Lipinski definition) is 0. The normalized spacial score (nSPS) is 12.4. The molecule has 0 atom stereocenters. The maximum absolute atomic E-state index is 12.9. The van der Waals surface area contributed by atoms with Crippen LogP contribution >= 0.6 is 0 Å². The van der Waals surface area contributed by atoms with Gasteiger partial charge in [0.05, 0.1) is 0 Å². The van der Waals surface area contributed by atoms with E-state index in [1.165, 1.54) is 61.1 Å². The summed E-state index contributed by atoms with van der Waals surface area (Å²) in [6.45, 7) is 4.37. The van der Waals surface area contributed by atoms with Crippen LogP contribution in [-0.2, 0) is 12.8 Å². The molecule has 0 nitrogen and oxygen atoms in total. The Balaban J connectivity index is 1.55. The fraction of sp³-hybridized carbons (Fsp3) is 0.385. The average Bonchev–Trinajstić information content (AvgIpc) is 2.69. The molecule has 2 heteroatoms. The zero-order chi connectivity index (χ0) is 20.2. The molecule has 0 spiro atoms. The van der Waals surface area contributed by atoms with Crippen LogP contribution in [0.2, 0.25) is 0 Å². The molecule has 2 rings (SSSR count). The molecule has 0 aliphatic carbocycles.